The fourth-order valence-corrected chi connectivity index (χ4v) is 2.98. The minimum absolute atomic E-state index is 0.0339. The van der Waals surface area contributed by atoms with Crippen LogP contribution in [0.5, 0.6) is 11.5 Å². The summed E-state index contributed by atoms with van der Waals surface area (Å²) in [5.74, 6) is 1.38. The monoisotopic (exact) mass is 307 g/mol. The van der Waals surface area contributed by atoms with E-state index in [1.165, 1.54) is 11.1 Å². The molecule has 2 heterocycles. The molecule has 116 valence electrons. The Morgan fingerprint density at radius 3 is 2.61 bits per heavy atom. The van der Waals surface area contributed by atoms with Crippen LogP contribution in [0.25, 0.3) is 5.57 Å². The van der Waals surface area contributed by atoms with Gasteiger partial charge < -0.3 is 14.4 Å². The van der Waals surface area contributed by atoms with Crippen LogP contribution in [-0.4, -0.2) is 30.7 Å². The molecule has 0 radical (unpaired) electrons. The lowest BCUT2D eigenvalue weighted by Gasteiger charge is -2.27. The summed E-state index contributed by atoms with van der Waals surface area (Å²) >= 11 is 0. The molecule has 2 aliphatic rings. The molecule has 0 aliphatic carbocycles. The zero-order valence-electron chi connectivity index (χ0n) is 12.7. The Balaban J connectivity index is 1.50. The highest BCUT2D eigenvalue weighted by Gasteiger charge is 2.22. The van der Waals surface area contributed by atoms with Crippen molar-refractivity contribution in [3.05, 3.63) is 65.7 Å². The molecule has 4 rings (SSSR count). The first kappa shape index (κ1) is 13.9. The average molecular weight is 307 g/mol. The summed E-state index contributed by atoms with van der Waals surface area (Å²) < 4.78 is 10.6. The SMILES string of the molecule is O=C(c1ccc2c(c1)OCO2)N1CC=C(c2ccccc2)CC1. The molecule has 0 saturated heterocycles. The fourth-order valence-electron chi connectivity index (χ4n) is 2.98. The molecule has 23 heavy (non-hydrogen) atoms. The number of nitrogens with zero attached hydrogens (tertiary/aromatic N) is 1. The number of rotatable bonds is 2. The lowest BCUT2D eigenvalue weighted by Crippen LogP contribution is -2.34. The second-order valence-electron chi connectivity index (χ2n) is 5.66. The highest BCUT2D eigenvalue weighted by molar-refractivity contribution is 5.95. The first-order chi connectivity index (χ1) is 11.3. The van der Waals surface area contributed by atoms with E-state index < -0.39 is 0 Å². The van der Waals surface area contributed by atoms with Gasteiger partial charge in [0.25, 0.3) is 5.91 Å². The molecule has 2 aliphatic heterocycles. The fraction of sp³-hybridized carbons (Fsp3) is 0.211. The van der Waals surface area contributed by atoms with Crippen LogP contribution < -0.4 is 9.47 Å². The Bertz CT molecular complexity index is 767. The number of hydrogen-bond acceptors (Lipinski definition) is 3. The van der Waals surface area contributed by atoms with Gasteiger partial charge in [-0.05, 0) is 35.8 Å². The van der Waals surface area contributed by atoms with Gasteiger partial charge >= 0.3 is 0 Å². The molecule has 2 aromatic rings. The third-order valence-corrected chi connectivity index (χ3v) is 4.26. The molecule has 1 amide bonds. The summed E-state index contributed by atoms with van der Waals surface area (Å²) in [4.78, 5) is 14.5. The molecule has 0 atom stereocenters. The zero-order valence-corrected chi connectivity index (χ0v) is 12.7. The van der Waals surface area contributed by atoms with Crippen LogP contribution in [-0.2, 0) is 0 Å². The molecular weight excluding hydrogens is 290 g/mol. The highest BCUT2D eigenvalue weighted by Crippen LogP contribution is 2.33. The first-order valence-electron chi connectivity index (χ1n) is 7.74. The van der Waals surface area contributed by atoms with E-state index in [-0.39, 0.29) is 12.7 Å². The van der Waals surface area contributed by atoms with Crippen molar-refractivity contribution < 1.29 is 14.3 Å². The van der Waals surface area contributed by atoms with Crippen molar-refractivity contribution in [3.63, 3.8) is 0 Å². The van der Waals surface area contributed by atoms with Crippen LogP contribution in [0.1, 0.15) is 22.3 Å². The van der Waals surface area contributed by atoms with Gasteiger partial charge in [-0.25, -0.2) is 0 Å². The zero-order chi connectivity index (χ0) is 15.6. The molecular formula is C19H17NO3. The van der Waals surface area contributed by atoms with Crippen molar-refractivity contribution in [2.45, 2.75) is 6.42 Å². The molecule has 0 spiro atoms. The van der Waals surface area contributed by atoms with E-state index >= 15 is 0 Å². The second kappa shape index (κ2) is 5.80. The Hall–Kier alpha value is -2.75. The minimum atomic E-state index is 0.0339. The Labute approximate surface area is 134 Å². The predicted octanol–water partition coefficient (Wildman–Crippen LogP) is 3.34. The van der Waals surface area contributed by atoms with Crippen molar-refractivity contribution in [3.8, 4) is 11.5 Å². The summed E-state index contributed by atoms with van der Waals surface area (Å²) in [7, 11) is 0. The summed E-state index contributed by atoms with van der Waals surface area (Å²) in [5.41, 5.74) is 3.19. The van der Waals surface area contributed by atoms with E-state index in [9.17, 15) is 4.79 Å². The van der Waals surface area contributed by atoms with Crippen LogP contribution in [0.4, 0.5) is 0 Å². The Morgan fingerprint density at radius 2 is 1.83 bits per heavy atom. The second-order valence-corrected chi connectivity index (χ2v) is 5.66. The number of fused-ring (bicyclic) bond motifs is 1. The number of carbonyl (C=O) groups is 1. The van der Waals surface area contributed by atoms with Crippen LogP contribution in [0.3, 0.4) is 0 Å². The molecule has 0 fully saturated rings. The summed E-state index contributed by atoms with van der Waals surface area (Å²) in [6.07, 6.45) is 3.02. The Morgan fingerprint density at radius 1 is 1.00 bits per heavy atom. The lowest BCUT2D eigenvalue weighted by molar-refractivity contribution is 0.0772. The van der Waals surface area contributed by atoms with Crippen molar-refractivity contribution in [1.29, 1.82) is 0 Å². The molecule has 2 aromatic carbocycles. The summed E-state index contributed by atoms with van der Waals surface area (Å²) in [6.45, 7) is 1.59. The quantitative estimate of drug-likeness (QED) is 0.854. The largest absolute Gasteiger partial charge is 0.454 e. The Kier molecular flexibility index (Phi) is 3.50. The molecule has 4 nitrogen and oxygen atoms in total. The third-order valence-electron chi connectivity index (χ3n) is 4.26. The number of carbonyl (C=O) groups excluding carboxylic acids is 1. The molecule has 0 aromatic heterocycles. The van der Waals surface area contributed by atoms with E-state index in [1.807, 2.05) is 23.1 Å². The van der Waals surface area contributed by atoms with Crippen molar-refractivity contribution in [1.82, 2.24) is 4.90 Å². The number of ether oxygens (including phenoxy) is 2. The third kappa shape index (κ3) is 2.68. The van der Waals surface area contributed by atoms with Gasteiger partial charge in [-0.3, -0.25) is 4.79 Å². The van der Waals surface area contributed by atoms with Gasteiger partial charge in [0.1, 0.15) is 0 Å². The lowest BCUT2D eigenvalue weighted by atomic mass is 9.99. The smallest absolute Gasteiger partial charge is 0.254 e. The van der Waals surface area contributed by atoms with Gasteiger partial charge in [-0.2, -0.15) is 0 Å². The van der Waals surface area contributed by atoms with E-state index in [1.54, 1.807) is 18.2 Å². The maximum atomic E-state index is 12.6. The van der Waals surface area contributed by atoms with Crippen molar-refractivity contribution in [2.24, 2.45) is 0 Å². The van der Waals surface area contributed by atoms with E-state index in [4.69, 9.17) is 9.47 Å². The number of benzene rings is 2. The maximum absolute atomic E-state index is 12.6. The molecule has 0 unspecified atom stereocenters. The summed E-state index contributed by atoms with van der Waals surface area (Å²) in [5, 5.41) is 0. The van der Waals surface area contributed by atoms with E-state index in [0.29, 0.717) is 23.6 Å². The number of hydrogen-bond donors (Lipinski definition) is 0. The van der Waals surface area contributed by atoms with Gasteiger partial charge in [0.05, 0.1) is 0 Å². The van der Waals surface area contributed by atoms with Crippen LogP contribution in [0.15, 0.2) is 54.6 Å². The maximum Gasteiger partial charge on any atom is 0.254 e. The topological polar surface area (TPSA) is 38.8 Å². The van der Waals surface area contributed by atoms with Gasteiger partial charge in [-0.1, -0.05) is 36.4 Å². The van der Waals surface area contributed by atoms with Gasteiger partial charge in [-0.15, -0.1) is 0 Å². The summed E-state index contributed by atoms with van der Waals surface area (Å²) in [6, 6.07) is 15.7. The van der Waals surface area contributed by atoms with Gasteiger partial charge in [0.15, 0.2) is 11.5 Å². The van der Waals surface area contributed by atoms with Crippen LogP contribution in [0.2, 0.25) is 0 Å². The van der Waals surface area contributed by atoms with E-state index in [2.05, 4.69) is 18.2 Å². The highest BCUT2D eigenvalue weighted by atomic mass is 16.7. The van der Waals surface area contributed by atoms with E-state index in [0.717, 1.165) is 13.0 Å². The standard InChI is InChI=1S/C19H17NO3/c21-19(16-6-7-17-18(12-16)23-13-22-17)20-10-8-15(9-11-20)14-4-2-1-3-5-14/h1-8,12H,9-11,13H2. The van der Waals surface area contributed by atoms with Crippen molar-refractivity contribution in [2.75, 3.05) is 19.9 Å². The van der Waals surface area contributed by atoms with Gasteiger partial charge in [0, 0.05) is 18.7 Å². The molecule has 0 bridgehead atoms. The van der Waals surface area contributed by atoms with Gasteiger partial charge in [0.2, 0.25) is 6.79 Å². The minimum Gasteiger partial charge on any atom is -0.454 e. The van der Waals surface area contributed by atoms with Crippen molar-refractivity contribution >= 4 is 11.5 Å². The number of amides is 1. The first-order valence-corrected chi connectivity index (χ1v) is 7.74. The molecule has 0 N–H and O–H groups in total. The van der Waals surface area contributed by atoms with Crippen LogP contribution in [0, 0.1) is 0 Å². The van der Waals surface area contributed by atoms with Crippen LogP contribution >= 0.6 is 0 Å². The molecule has 0 saturated carbocycles. The normalized spacial score (nSPS) is 16.2. The predicted molar refractivity (Wildman–Crippen MR) is 87.5 cm³/mol. The molecule has 4 heteroatoms. The average Bonchev–Trinajstić information content (AvgIpc) is 3.10.